The second-order valence-corrected chi connectivity index (χ2v) is 6.59. The summed E-state index contributed by atoms with van der Waals surface area (Å²) in [5, 5.41) is 3.46. The van der Waals surface area contributed by atoms with E-state index in [0.717, 1.165) is 18.9 Å². The fourth-order valence-electron chi connectivity index (χ4n) is 4.51. The van der Waals surface area contributed by atoms with E-state index in [0.29, 0.717) is 17.6 Å². The maximum absolute atomic E-state index is 12.7. The van der Waals surface area contributed by atoms with E-state index < -0.39 is 0 Å². The SMILES string of the molecule is O=C(C1Cc2ccccc2CN1)C1CC2CCC1C2. The second kappa shape index (κ2) is 4.45. The van der Waals surface area contributed by atoms with Crippen molar-refractivity contribution in [3.63, 3.8) is 0 Å². The number of nitrogens with one attached hydrogen (secondary N) is 1. The molecule has 2 heteroatoms. The fraction of sp³-hybridized carbons (Fsp3) is 0.588. The van der Waals surface area contributed by atoms with Gasteiger partial charge in [-0.1, -0.05) is 30.7 Å². The van der Waals surface area contributed by atoms with Crippen LogP contribution >= 0.6 is 0 Å². The van der Waals surface area contributed by atoms with Gasteiger partial charge >= 0.3 is 0 Å². The van der Waals surface area contributed by atoms with Crippen molar-refractivity contribution in [2.75, 3.05) is 0 Å². The van der Waals surface area contributed by atoms with E-state index in [-0.39, 0.29) is 6.04 Å². The highest BCUT2D eigenvalue weighted by atomic mass is 16.1. The zero-order valence-electron chi connectivity index (χ0n) is 11.3. The first-order valence-electron chi connectivity index (χ1n) is 7.65. The molecule has 4 unspecified atom stereocenters. The maximum Gasteiger partial charge on any atom is 0.153 e. The van der Waals surface area contributed by atoms with Gasteiger partial charge in [-0.2, -0.15) is 0 Å². The van der Waals surface area contributed by atoms with Gasteiger partial charge in [0.2, 0.25) is 0 Å². The Morgan fingerprint density at radius 1 is 1.11 bits per heavy atom. The van der Waals surface area contributed by atoms with Crippen LogP contribution in [0.3, 0.4) is 0 Å². The summed E-state index contributed by atoms with van der Waals surface area (Å²) >= 11 is 0. The minimum Gasteiger partial charge on any atom is -0.303 e. The van der Waals surface area contributed by atoms with E-state index in [2.05, 4.69) is 29.6 Å². The topological polar surface area (TPSA) is 29.1 Å². The van der Waals surface area contributed by atoms with Crippen LogP contribution in [0, 0.1) is 17.8 Å². The first-order chi connectivity index (χ1) is 9.31. The van der Waals surface area contributed by atoms with Crippen molar-refractivity contribution < 1.29 is 4.79 Å². The molecule has 19 heavy (non-hydrogen) atoms. The van der Waals surface area contributed by atoms with Crippen molar-refractivity contribution in [1.29, 1.82) is 0 Å². The molecule has 2 aliphatic carbocycles. The van der Waals surface area contributed by atoms with Crippen LogP contribution in [0.4, 0.5) is 0 Å². The number of hydrogen-bond donors (Lipinski definition) is 1. The third-order valence-corrected chi connectivity index (χ3v) is 5.53. The molecule has 1 N–H and O–H groups in total. The quantitative estimate of drug-likeness (QED) is 0.880. The third kappa shape index (κ3) is 1.93. The molecule has 1 aliphatic heterocycles. The van der Waals surface area contributed by atoms with Gasteiger partial charge < -0.3 is 5.32 Å². The lowest BCUT2D eigenvalue weighted by molar-refractivity contribution is -0.126. The maximum atomic E-state index is 12.7. The lowest BCUT2D eigenvalue weighted by Crippen LogP contribution is -2.45. The van der Waals surface area contributed by atoms with Crippen molar-refractivity contribution in [3.8, 4) is 0 Å². The molecule has 2 bridgehead atoms. The number of benzene rings is 1. The van der Waals surface area contributed by atoms with Crippen molar-refractivity contribution in [2.24, 2.45) is 17.8 Å². The largest absolute Gasteiger partial charge is 0.303 e. The van der Waals surface area contributed by atoms with Crippen LogP contribution in [0.5, 0.6) is 0 Å². The summed E-state index contributed by atoms with van der Waals surface area (Å²) < 4.78 is 0. The van der Waals surface area contributed by atoms with Gasteiger partial charge in [0, 0.05) is 12.5 Å². The van der Waals surface area contributed by atoms with Gasteiger partial charge in [-0.25, -0.2) is 0 Å². The molecular weight excluding hydrogens is 234 g/mol. The van der Waals surface area contributed by atoms with Crippen molar-refractivity contribution in [2.45, 2.75) is 44.7 Å². The molecule has 2 saturated carbocycles. The Morgan fingerprint density at radius 3 is 2.68 bits per heavy atom. The van der Waals surface area contributed by atoms with Crippen molar-refractivity contribution in [3.05, 3.63) is 35.4 Å². The highest BCUT2D eigenvalue weighted by Gasteiger charge is 2.44. The molecule has 100 valence electrons. The van der Waals surface area contributed by atoms with Gasteiger partial charge in [0.05, 0.1) is 6.04 Å². The van der Waals surface area contributed by atoms with Gasteiger partial charge in [-0.15, -0.1) is 0 Å². The van der Waals surface area contributed by atoms with Crippen LogP contribution in [-0.4, -0.2) is 11.8 Å². The normalized spacial score (nSPS) is 36.2. The summed E-state index contributed by atoms with van der Waals surface area (Å²) in [6, 6.07) is 8.58. The summed E-state index contributed by atoms with van der Waals surface area (Å²) in [5.74, 6) is 2.43. The number of carbonyl (C=O) groups excluding carboxylic acids is 1. The third-order valence-electron chi connectivity index (χ3n) is 5.53. The van der Waals surface area contributed by atoms with E-state index in [9.17, 15) is 4.79 Å². The highest BCUT2D eigenvalue weighted by Crippen LogP contribution is 2.49. The standard InChI is InChI=1S/C17H21NO/c19-17(15-8-11-5-6-13(15)7-11)16-9-12-3-1-2-4-14(12)10-18-16/h1-4,11,13,15-16,18H,5-10H2. The predicted molar refractivity (Wildman–Crippen MR) is 74.7 cm³/mol. The van der Waals surface area contributed by atoms with Gasteiger partial charge in [0.25, 0.3) is 0 Å². The molecular formula is C17H21NO. The molecule has 1 aromatic carbocycles. The first-order valence-corrected chi connectivity index (χ1v) is 7.65. The Kier molecular flexibility index (Phi) is 2.73. The Bertz CT molecular complexity index is 510. The van der Waals surface area contributed by atoms with E-state index >= 15 is 0 Å². The van der Waals surface area contributed by atoms with E-state index in [1.165, 1.54) is 36.8 Å². The number of hydrogen-bond acceptors (Lipinski definition) is 2. The van der Waals surface area contributed by atoms with Crippen LogP contribution in [0.1, 0.15) is 36.8 Å². The first kappa shape index (κ1) is 11.7. The van der Waals surface area contributed by atoms with Crippen LogP contribution in [0.2, 0.25) is 0 Å². The lowest BCUT2D eigenvalue weighted by Gasteiger charge is -2.30. The van der Waals surface area contributed by atoms with Gasteiger partial charge in [0.15, 0.2) is 5.78 Å². The van der Waals surface area contributed by atoms with Gasteiger partial charge in [-0.05, 0) is 48.6 Å². The summed E-state index contributed by atoms with van der Waals surface area (Å²) in [7, 11) is 0. The molecule has 2 fully saturated rings. The van der Waals surface area contributed by atoms with E-state index in [1.54, 1.807) is 0 Å². The summed E-state index contributed by atoms with van der Waals surface area (Å²) in [5.41, 5.74) is 2.72. The molecule has 3 aliphatic rings. The lowest BCUT2D eigenvalue weighted by atomic mass is 9.80. The minimum atomic E-state index is 0.0688. The monoisotopic (exact) mass is 255 g/mol. The van der Waals surface area contributed by atoms with Gasteiger partial charge in [0.1, 0.15) is 0 Å². The number of Topliss-reactive ketones (excluding diaryl/α,β-unsaturated/α-hetero) is 1. The average Bonchev–Trinajstić information content (AvgIpc) is 3.08. The Morgan fingerprint density at radius 2 is 1.95 bits per heavy atom. The molecule has 0 aromatic heterocycles. The molecule has 0 spiro atoms. The van der Waals surface area contributed by atoms with E-state index in [1.807, 2.05) is 0 Å². The number of fused-ring (bicyclic) bond motifs is 3. The second-order valence-electron chi connectivity index (χ2n) is 6.59. The molecule has 2 nitrogen and oxygen atoms in total. The van der Waals surface area contributed by atoms with Crippen LogP contribution in [0.25, 0.3) is 0 Å². The zero-order chi connectivity index (χ0) is 12.8. The molecule has 0 radical (unpaired) electrons. The Hall–Kier alpha value is -1.15. The Balaban J connectivity index is 1.50. The van der Waals surface area contributed by atoms with Crippen LogP contribution in [0.15, 0.2) is 24.3 Å². The molecule has 4 rings (SSSR count). The number of rotatable bonds is 2. The van der Waals surface area contributed by atoms with Gasteiger partial charge in [-0.3, -0.25) is 4.79 Å². The molecule has 1 aromatic rings. The number of carbonyl (C=O) groups is 1. The molecule has 1 heterocycles. The van der Waals surface area contributed by atoms with Crippen molar-refractivity contribution in [1.82, 2.24) is 5.32 Å². The van der Waals surface area contributed by atoms with Crippen LogP contribution in [-0.2, 0) is 17.8 Å². The predicted octanol–water partition coefficient (Wildman–Crippen LogP) is 2.71. The smallest absolute Gasteiger partial charge is 0.153 e. The molecule has 4 atom stereocenters. The van der Waals surface area contributed by atoms with Crippen LogP contribution < -0.4 is 5.32 Å². The zero-order valence-corrected chi connectivity index (χ0v) is 11.3. The summed E-state index contributed by atoms with van der Waals surface area (Å²) in [6.07, 6.45) is 6.05. The fourth-order valence-corrected chi connectivity index (χ4v) is 4.51. The highest BCUT2D eigenvalue weighted by molar-refractivity contribution is 5.87. The van der Waals surface area contributed by atoms with E-state index in [4.69, 9.17) is 0 Å². The molecule has 0 saturated heterocycles. The molecule has 0 amide bonds. The summed E-state index contributed by atoms with van der Waals surface area (Å²) in [4.78, 5) is 12.7. The van der Waals surface area contributed by atoms with Crippen molar-refractivity contribution >= 4 is 5.78 Å². The number of ketones is 1. The Labute approximate surface area is 114 Å². The minimum absolute atomic E-state index is 0.0688. The summed E-state index contributed by atoms with van der Waals surface area (Å²) in [6.45, 7) is 0.855. The average molecular weight is 255 g/mol.